The summed E-state index contributed by atoms with van der Waals surface area (Å²) in [6.45, 7) is 2.25. The van der Waals surface area contributed by atoms with Crippen molar-refractivity contribution in [3.8, 4) is 11.5 Å². The maximum Gasteiger partial charge on any atom is 0.123 e. The second kappa shape index (κ2) is 3.21. The van der Waals surface area contributed by atoms with Gasteiger partial charge in [-0.3, -0.25) is 0 Å². The number of epoxide rings is 1. The zero-order valence-electron chi connectivity index (χ0n) is 11.0. The highest BCUT2D eigenvalue weighted by Crippen LogP contribution is 2.68. The fourth-order valence-corrected chi connectivity index (χ4v) is 4.21. The molecule has 0 unspecified atom stereocenters. The van der Waals surface area contributed by atoms with Gasteiger partial charge < -0.3 is 14.2 Å². The summed E-state index contributed by atoms with van der Waals surface area (Å²) in [7, 11) is 3.50. The molecular formula is C15H18O3. The van der Waals surface area contributed by atoms with Gasteiger partial charge >= 0.3 is 0 Å². The smallest absolute Gasteiger partial charge is 0.123 e. The minimum atomic E-state index is 0.0512. The lowest BCUT2D eigenvalue weighted by Gasteiger charge is -2.40. The Morgan fingerprint density at radius 3 is 2.44 bits per heavy atom. The van der Waals surface area contributed by atoms with Gasteiger partial charge in [0, 0.05) is 23.0 Å². The van der Waals surface area contributed by atoms with Gasteiger partial charge in [-0.1, -0.05) is 0 Å². The third kappa shape index (κ3) is 1.05. The molecule has 1 aromatic carbocycles. The van der Waals surface area contributed by atoms with E-state index in [0.29, 0.717) is 17.9 Å². The number of methoxy groups -OCH3 is 2. The van der Waals surface area contributed by atoms with Crippen molar-refractivity contribution in [1.29, 1.82) is 0 Å². The summed E-state index contributed by atoms with van der Waals surface area (Å²) in [5.41, 5.74) is 2.73. The molecule has 0 N–H and O–H groups in total. The van der Waals surface area contributed by atoms with E-state index in [1.807, 2.05) is 12.1 Å². The molecule has 1 aliphatic heterocycles. The molecular weight excluding hydrogens is 228 g/mol. The summed E-state index contributed by atoms with van der Waals surface area (Å²) < 4.78 is 17.1. The molecule has 0 spiro atoms. The Morgan fingerprint density at radius 1 is 1.11 bits per heavy atom. The molecule has 0 aromatic heterocycles. The SMILES string of the molecule is COc1ccc(OC)c2c1[C@H]1CC[C@H]2[C@]2(C)O[C@H]12. The van der Waals surface area contributed by atoms with Crippen LogP contribution in [0.4, 0.5) is 0 Å². The molecule has 0 radical (unpaired) electrons. The number of hydrogen-bond donors (Lipinski definition) is 0. The number of benzene rings is 1. The molecule has 5 rings (SSSR count). The monoisotopic (exact) mass is 246 g/mol. The average molecular weight is 246 g/mol. The molecule has 96 valence electrons. The van der Waals surface area contributed by atoms with Gasteiger partial charge in [-0.2, -0.15) is 0 Å². The lowest BCUT2D eigenvalue weighted by molar-refractivity contribution is 0.268. The zero-order chi connectivity index (χ0) is 12.5. The topological polar surface area (TPSA) is 31.0 Å². The minimum Gasteiger partial charge on any atom is -0.496 e. The van der Waals surface area contributed by atoms with E-state index in [4.69, 9.17) is 14.2 Å². The summed E-state index contributed by atoms with van der Waals surface area (Å²) >= 11 is 0. The van der Waals surface area contributed by atoms with E-state index < -0.39 is 0 Å². The lowest BCUT2D eigenvalue weighted by Crippen LogP contribution is -2.36. The van der Waals surface area contributed by atoms with E-state index >= 15 is 0 Å². The van der Waals surface area contributed by atoms with Crippen LogP contribution in [0, 0.1) is 0 Å². The molecule has 2 bridgehead atoms. The van der Waals surface area contributed by atoms with Gasteiger partial charge in [-0.15, -0.1) is 0 Å². The second-order valence-electron chi connectivity index (χ2n) is 5.76. The number of rotatable bonds is 2. The van der Waals surface area contributed by atoms with Crippen LogP contribution in [-0.4, -0.2) is 25.9 Å². The predicted octanol–water partition coefficient (Wildman–Crippen LogP) is 2.84. The van der Waals surface area contributed by atoms with Gasteiger partial charge in [0.2, 0.25) is 0 Å². The molecule has 3 aliphatic carbocycles. The van der Waals surface area contributed by atoms with E-state index in [-0.39, 0.29) is 5.60 Å². The summed E-state index contributed by atoms with van der Waals surface area (Å²) in [6, 6.07) is 4.05. The Morgan fingerprint density at radius 2 is 1.78 bits per heavy atom. The standard InChI is InChI=1S/C15H18O3/c1-15-9-5-4-8(14(15)18-15)12-10(16-2)6-7-11(17-3)13(9)12/h6-9,14H,4-5H2,1-3H3/t8-,9-,14-,15+/m1/s1. The molecule has 18 heavy (non-hydrogen) atoms. The minimum absolute atomic E-state index is 0.0512. The molecule has 1 saturated heterocycles. The van der Waals surface area contributed by atoms with Gasteiger partial charge in [0.05, 0.1) is 25.9 Å². The highest BCUT2D eigenvalue weighted by Gasteiger charge is 2.68. The van der Waals surface area contributed by atoms with Crippen LogP contribution in [0.25, 0.3) is 0 Å². The Balaban J connectivity index is 1.98. The van der Waals surface area contributed by atoms with Gasteiger partial charge in [0.25, 0.3) is 0 Å². The van der Waals surface area contributed by atoms with E-state index in [2.05, 4.69) is 6.92 Å². The molecule has 2 fully saturated rings. The molecule has 1 heterocycles. The van der Waals surface area contributed by atoms with Crippen molar-refractivity contribution < 1.29 is 14.2 Å². The van der Waals surface area contributed by atoms with E-state index in [9.17, 15) is 0 Å². The normalized spacial score (nSPS) is 38.9. The fraction of sp³-hybridized carbons (Fsp3) is 0.600. The lowest BCUT2D eigenvalue weighted by atomic mass is 9.62. The Bertz CT molecular complexity index is 525. The van der Waals surface area contributed by atoms with Crippen LogP contribution >= 0.6 is 0 Å². The number of hydrogen-bond acceptors (Lipinski definition) is 3. The maximum atomic E-state index is 6.02. The highest BCUT2D eigenvalue weighted by molar-refractivity contribution is 5.59. The van der Waals surface area contributed by atoms with Crippen LogP contribution in [-0.2, 0) is 4.74 Å². The van der Waals surface area contributed by atoms with Crippen molar-refractivity contribution in [2.75, 3.05) is 14.2 Å². The zero-order valence-corrected chi connectivity index (χ0v) is 11.0. The van der Waals surface area contributed by atoms with Crippen molar-refractivity contribution in [2.45, 2.75) is 43.3 Å². The third-order valence-electron chi connectivity index (χ3n) is 5.08. The fourth-order valence-electron chi connectivity index (χ4n) is 4.21. The van der Waals surface area contributed by atoms with Gasteiger partial charge in [-0.05, 0) is 31.9 Å². The van der Waals surface area contributed by atoms with Crippen LogP contribution < -0.4 is 9.47 Å². The third-order valence-corrected chi connectivity index (χ3v) is 5.08. The van der Waals surface area contributed by atoms with Gasteiger partial charge in [-0.25, -0.2) is 0 Å². The first-order valence-corrected chi connectivity index (χ1v) is 6.63. The first-order chi connectivity index (χ1) is 8.70. The Hall–Kier alpha value is -1.22. The van der Waals surface area contributed by atoms with Gasteiger partial charge in [0.15, 0.2) is 0 Å². The van der Waals surface area contributed by atoms with Crippen molar-refractivity contribution >= 4 is 0 Å². The summed E-state index contributed by atoms with van der Waals surface area (Å²) in [4.78, 5) is 0. The second-order valence-corrected chi connectivity index (χ2v) is 5.76. The van der Waals surface area contributed by atoms with Crippen molar-refractivity contribution in [3.63, 3.8) is 0 Å². The number of ether oxygens (including phenoxy) is 3. The van der Waals surface area contributed by atoms with Crippen LogP contribution in [0.15, 0.2) is 12.1 Å². The maximum absolute atomic E-state index is 6.02. The van der Waals surface area contributed by atoms with Crippen LogP contribution in [0.2, 0.25) is 0 Å². The first-order valence-electron chi connectivity index (χ1n) is 6.63. The number of fused-ring (bicyclic) bond motifs is 1. The molecule has 1 saturated carbocycles. The largest absolute Gasteiger partial charge is 0.496 e. The highest BCUT2D eigenvalue weighted by atomic mass is 16.6. The molecule has 4 atom stereocenters. The van der Waals surface area contributed by atoms with Gasteiger partial charge in [0.1, 0.15) is 11.5 Å². The van der Waals surface area contributed by atoms with E-state index in [1.54, 1.807) is 14.2 Å². The predicted molar refractivity (Wildman–Crippen MR) is 67.5 cm³/mol. The van der Waals surface area contributed by atoms with E-state index in [1.165, 1.54) is 24.0 Å². The molecule has 1 aromatic rings. The summed E-state index contributed by atoms with van der Waals surface area (Å²) in [5.74, 6) is 2.95. The van der Waals surface area contributed by atoms with Crippen molar-refractivity contribution in [3.05, 3.63) is 23.3 Å². The van der Waals surface area contributed by atoms with Crippen LogP contribution in [0.3, 0.4) is 0 Å². The van der Waals surface area contributed by atoms with E-state index in [0.717, 1.165) is 11.5 Å². The van der Waals surface area contributed by atoms with Crippen LogP contribution in [0.5, 0.6) is 11.5 Å². The molecule has 0 amide bonds. The Labute approximate surface area is 107 Å². The van der Waals surface area contributed by atoms with Crippen molar-refractivity contribution in [2.24, 2.45) is 0 Å². The van der Waals surface area contributed by atoms with Crippen molar-refractivity contribution in [1.82, 2.24) is 0 Å². The quantitative estimate of drug-likeness (QED) is 0.752. The molecule has 4 aliphatic rings. The summed E-state index contributed by atoms with van der Waals surface area (Å²) in [6.07, 6.45) is 2.81. The molecule has 3 heteroatoms. The average Bonchev–Trinajstić information content (AvgIpc) is 3.12. The Kier molecular flexibility index (Phi) is 1.90. The summed E-state index contributed by atoms with van der Waals surface area (Å²) in [5, 5.41) is 0. The van der Waals surface area contributed by atoms with Crippen LogP contribution in [0.1, 0.15) is 42.7 Å². The first kappa shape index (κ1) is 10.7. The molecule has 3 nitrogen and oxygen atoms in total.